The monoisotopic (exact) mass is 410 g/mol. The van der Waals surface area contributed by atoms with E-state index in [1.807, 2.05) is 36.4 Å². The second-order valence-corrected chi connectivity index (χ2v) is 14.2. The second kappa shape index (κ2) is 9.88. The van der Waals surface area contributed by atoms with Crippen molar-refractivity contribution < 1.29 is 12.2 Å². The van der Waals surface area contributed by atoms with Crippen molar-refractivity contribution in [3.63, 3.8) is 0 Å². The van der Waals surface area contributed by atoms with Crippen molar-refractivity contribution in [2.75, 3.05) is 13.2 Å². The van der Waals surface area contributed by atoms with Crippen LogP contribution in [0.1, 0.15) is 33.6 Å². The zero-order valence-electron chi connectivity index (χ0n) is 20.1. The largest absolute Gasteiger partial charge is 0.376 e. The summed E-state index contributed by atoms with van der Waals surface area (Å²) >= 11 is 0. The molecular weight excluding hydrogens is 372 g/mol. The third-order valence-corrected chi connectivity index (χ3v) is 6.38. The molecule has 2 nitrogen and oxygen atoms in total. The minimum Gasteiger partial charge on any atom is -0.376 e. The summed E-state index contributed by atoms with van der Waals surface area (Å²) in [4.78, 5) is 0. The van der Waals surface area contributed by atoms with E-state index in [2.05, 4.69) is 43.9 Å². The van der Waals surface area contributed by atoms with Gasteiger partial charge in [0.15, 0.2) is 0 Å². The Morgan fingerprint density at radius 2 is 1.48 bits per heavy atom. The number of rotatable bonds is 9. The molecule has 0 aliphatic heterocycles. The van der Waals surface area contributed by atoms with Crippen molar-refractivity contribution in [2.45, 2.75) is 52.6 Å². The summed E-state index contributed by atoms with van der Waals surface area (Å²) < 4.78 is 29.4. The molecule has 1 saturated carbocycles. The Balaban J connectivity index is 1.74. The van der Waals surface area contributed by atoms with Crippen LogP contribution in [-0.2, 0) is 22.7 Å². The summed E-state index contributed by atoms with van der Waals surface area (Å²) in [5, 5.41) is 0. The van der Waals surface area contributed by atoms with Gasteiger partial charge in [-0.25, -0.2) is 0 Å². The third kappa shape index (κ3) is 6.95. The van der Waals surface area contributed by atoms with Crippen molar-refractivity contribution >= 4 is 8.07 Å². The van der Waals surface area contributed by atoms with Crippen LogP contribution in [0.4, 0.5) is 0 Å². The Hall–Kier alpha value is -1.68. The molecule has 0 heterocycles. The first-order valence-electron chi connectivity index (χ1n) is 11.8. The Morgan fingerprint density at radius 3 is 1.93 bits per heavy atom. The molecule has 29 heavy (non-hydrogen) atoms. The number of allylic oxidation sites excluding steroid dienone is 1. The van der Waals surface area contributed by atoms with Crippen molar-refractivity contribution in [1.82, 2.24) is 0 Å². The number of hydrogen-bond donors (Lipinski definition) is 0. The first-order chi connectivity index (χ1) is 14.8. The van der Waals surface area contributed by atoms with E-state index in [9.17, 15) is 0 Å². The maximum Gasteiger partial charge on any atom is 0.0717 e. The average molecular weight is 411 g/mol. The van der Waals surface area contributed by atoms with Crippen LogP contribution in [-0.4, -0.2) is 21.3 Å². The molecule has 0 amide bonds. The summed E-state index contributed by atoms with van der Waals surface area (Å²) in [6.07, 6.45) is 1.67. The first-order valence-corrected chi connectivity index (χ1v) is 14.1. The normalized spacial score (nSPS) is 21.6. The predicted molar refractivity (Wildman–Crippen MR) is 124 cm³/mol. The zero-order chi connectivity index (χ0) is 22.3. The molecule has 156 valence electrons. The van der Waals surface area contributed by atoms with E-state index >= 15 is 0 Å². The standard InChI is InChI=1S/C26H36O2Si/c1-22-15-26(16-25(22)19-29(2,3)4,20-27-17-23-11-7-5-8-12-23)21-28-18-24-13-9-6-10-14-24/h5-14,19,22H,15-18,20-21H2,1-4H3/i1D,19D. The van der Waals surface area contributed by atoms with Gasteiger partial charge in [-0.05, 0) is 29.9 Å². The van der Waals surface area contributed by atoms with E-state index in [-0.39, 0.29) is 11.3 Å². The van der Waals surface area contributed by atoms with Crippen LogP contribution < -0.4 is 0 Å². The van der Waals surface area contributed by atoms with Gasteiger partial charge in [-0.15, -0.1) is 0 Å². The van der Waals surface area contributed by atoms with Crippen molar-refractivity contribution in [1.29, 1.82) is 0 Å². The van der Waals surface area contributed by atoms with Crippen LogP contribution in [0.15, 0.2) is 71.9 Å². The van der Waals surface area contributed by atoms with E-state index in [1.54, 1.807) is 0 Å². The van der Waals surface area contributed by atoms with Crippen LogP contribution in [0.2, 0.25) is 19.6 Å². The van der Waals surface area contributed by atoms with Gasteiger partial charge in [-0.3, -0.25) is 0 Å². The van der Waals surface area contributed by atoms with Crippen molar-refractivity contribution in [2.24, 2.45) is 11.3 Å². The molecular formula is C26H36O2Si. The summed E-state index contributed by atoms with van der Waals surface area (Å²) in [6.45, 7) is 9.34. The molecule has 1 fully saturated rings. The Labute approximate surface area is 180 Å². The molecule has 0 spiro atoms. The van der Waals surface area contributed by atoms with Gasteiger partial charge in [0.2, 0.25) is 0 Å². The molecule has 2 aromatic carbocycles. The lowest BCUT2D eigenvalue weighted by atomic mass is 9.87. The van der Waals surface area contributed by atoms with Crippen LogP contribution in [0.3, 0.4) is 0 Å². The molecule has 0 bridgehead atoms. The first kappa shape index (κ1) is 19.3. The molecule has 1 aliphatic carbocycles. The predicted octanol–water partition coefficient (Wildman–Crippen LogP) is 6.64. The fourth-order valence-electron chi connectivity index (χ4n) is 4.08. The van der Waals surface area contributed by atoms with Crippen LogP contribution in [0.5, 0.6) is 0 Å². The summed E-state index contributed by atoms with van der Waals surface area (Å²) in [6, 6.07) is 20.5. The van der Waals surface area contributed by atoms with E-state index < -0.39 is 8.07 Å². The Bertz CT molecular complexity index is 801. The summed E-state index contributed by atoms with van der Waals surface area (Å²) in [5.41, 5.74) is 4.16. The molecule has 1 atom stereocenters. The lowest BCUT2D eigenvalue weighted by molar-refractivity contribution is -0.0304. The molecule has 0 aromatic heterocycles. The molecule has 2 aromatic rings. The van der Waals surface area contributed by atoms with E-state index in [4.69, 9.17) is 12.2 Å². The number of ether oxygens (including phenoxy) is 2. The summed E-state index contributed by atoms with van der Waals surface area (Å²) in [5.74, 6) is 0.139. The lowest BCUT2D eigenvalue weighted by Gasteiger charge is -2.29. The van der Waals surface area contributed by atoms with Gasteiger partial charge in [-0.1, -0.05) is 98.5 Å². The molecule has 3 rings (SSSR count). The summed E-state index contributed by atoms with van der Waals surface area (Å²) in [7, 11) is -1.73. The van der Waals surface area contributed by atoms with Crippen LogP contribution >= 0.6 is 0 Å². The molecule has 0 N–H and O–H groups in total. The van der Waals surface area contributed by atoms with Gasteiger partial charge < -0.3 is 9.47 Å². The highest BCUT2D eigenvalue weighted by Crippen LogP contribution is 2.46. The van der Waals surface area contributed by atoms with Gasteiger partial charge in [0, 0.05) is 6.79 Å². The molecule has 1 unspecified atom stereocenters. The lowest BCUT2D eigenvalue weighted by Crippen LogP contribution is -2.30. The van der Waals surface area contributed by atoms with Gasteiger partial charge in [0.05, 0.1) is 35.9 Å². The second-order valence-electron chi connectivity index (χ2n) is 9.43. The SMILES string of the molecule is [2H]CC1CC(COCc2ccccc2)(COCc2ccccc2)CC1=C([2H])[Si](C)(C)C. The highest BCUT2D eigenvalue weighted by atomic mass is 28.3. The topological polar surface area (TPSA) is 18.5 Å². The number of benzene rings is 2. The van der Waals surface area contributed by atoms with Gasteiger partial charge >= 0.3 is 0 Å². The zero-order valence-corrected chi connectivity index (χ0v) is 19.1. The molecule has 3 heteroatoms. The van der Waals surface area contributed by atoms with Crippen LogP contribution in [0.25, 0.3) is 0 Å². The number of hydrogen-bond acceptors (Lipinski definition) is 2. The molecule has 0 radical (unpaired) electrons. The maximum absolute atomic E-state index is 8.83. The highest BCUT2D eigenvalue weighted by Gasteiger charge is 2.41. The van der Waals surface area contributed by atoms with Gasteiger partial charge in [-0.2, -0.15) is 0 Å². The minimum absolute atomic E-state index is 0.139. The fourth-order valence-corrected chi connectivity index (χ4v) is 5.33. The maximum atomic E-state index is 8.83. The quantitative estimate of drug-likeness (QED) is 0.431. The smallest absolute Gasteiger partial charge is 0.0717 e. The van der Waals surface area contributed by atoms with Gasteiger partial charge in [0.25, 0.3) is 0 Å². The molecule has 0 saturated heterocycles. The third-order valence-electron chi connectivity index (χ3n) is 5.31. The Kier molecular flexibility index (Phi) is 6.57. The van der Waals surface area contributed by atoms with E-state index in [0.29, 0.717) is 33.3 Å². The van der Waals surface area contributed by atoms with Crippen molar-refractivity contribution in [3.05, 3.63) is 83.0 Å². The highest BCUT2D eigenvalue weighted by molar-refractivity contribution is 6.81. The average Bonchev–Trinajstić information content (AvgIpc) is 3.13. The fraction of sp³-hybridized carbons (Fsp3) is 0.462. The van der Waals surface area contributed by atoms with Crippen molar-refractivity contribution in [3.8, 4) is 0 Å². The Morgan fingerprint density at radius 1 is 0.966 bits per heavy atom. The minimum atomic E-state index is -1.73. The van der Waals surface area contributed by atoms with Crippen LogP contribution in [0, 0.1) is 11.3 Å². The molecule has 1 aliphatic rings. The van der Waals surface area contributed by atoms with Gasteiger partial charge in [0.1, 0.15) is 0 Å². The van der Waals surface area contributed by atoms with E-state index in [0.717, 1.165) is 29.6 Å². The van der Waals surface area contributed by atoms with E-state index in [1.165, 1.54) is 5.57 Å².